The molecule has 0 spiro atoms. The largest absolute Gasteiger partial charge is 0.338 e. The van der Waals surface area contributed by atoms with Crippen molar-refractivity contribution in [2.45, 2.75) is 19.9 Å². The molecule has 0 bridgehead atoms. The van der Waals surface area contributed by atoms with Crippen LogP contribution in [0.25, 0.3) is 0 Å². The SMILES string of the molecule is CC(=O)N(CCC(=O)Nc1ccc(Cl)cc1Cl)Cc1ccncc1. The zero-order valence-corrected chi connectivity index (χ0v) is 14.6. The van der Waals surface area contributed by atoms with Crippen LogP contribution in [0.5, 0.6) is 0 Å². The van der Waals surface area contributed by atoms with E-state index in [1.54, 1.807) is 35.5 Å². The molecule has 1 heterocycles. The lowest BCUT2D eigenvalue weighted by Gasteiger charge is -2.21. The topological polar surface area (TPSA) is 62.3 Å². The van der Waals surface area contributed by atoms with Gasteiger partial charge in [0, 0.05) is 43.9 Å². The average molecular weight is 366 g/mol. The lowest BCUT2D eigenvalue weighted by atomic mass is 10.2. The first-order chi connectivity index (χ1) is 11.5. The molecule has 1 aromatic heterocycles. The fourth-order valence-corrected chi connectivity index (χ4v) is 2.55. The summed E-state index contributed by atoms with van der Waals surface area (Å²) in [7, 11) is 0. The summed E-state index contributed by atoms with van der Waals surface area (Å²) in [6, 6.07) is 8.52. The molecule has 2 amide bonds. The highest BCUT2D eigenvalue weighted by molar-refractivity contribution is 6.36. The van der Waals surface area contributed by atoms with Crippen LogP contribution in [0, 0.1) is 0 Å². The second-order valence-corrected chi connectivity index (χ2v) is 6.06. The van der Waals surface area contributed by atoms with Gasteiger partial charge in [0.25, 0.3) is 0 Å². The molecule has 0 radical (unpaired) electrons. The van der Waals surface area contributed by atoms with Gasteiger partial charge in [0.05, 0.1) is 10.7 Å². The number of nitrogens with one attached hydrogen (secondary N) is 1. The van der Waals surface area contributed by atoms with Crippen molar-refractivity contribution in [3.05, 3.63) is 58.3 Å². The van der Waals surface area contributed by atoms with Crippen molar-refractivity contribution in [3.8, 4) is 0 Å². The molecule has 0 aliphatic carbocycles. The summed E-state index contributed by atoms with van der Waals surface area (Å²) < 4.78 is 0. The summed E-state index contributed by atoms with van der Waals surface area (Å²) in [5, 5.41) is 3.59. The average Bonchev–Trinajstić information content (AvgIpc) is 2.55. The Kier molecular flexibility index (Phi) is 6.58. The van der Waals surface area contributed by atoms with E-state index in [4.69, 9.17) is 23.2 Å². The molecule has 2 aromatic rings. The van der Waals surface area contributed by atoms with Crippen LogP contribution in [0.2, 0.25) is 10.0 Å². The van der Waals surface area contributed by atoms with Crippen molar-refractivity contribution >= 4 is 40.7 Å². The smallest absolute Gasteiger partial charge is 0.226 e. The molecule has 24 heavy (non-hydrogen) atoms. The molecular formula is C17H17Cl2N3O2. The number of anilines is 1. The molecule has 0 atom stereocenters. The van der Waals surface area contributed by atoms with Gasteiger partial charge in [-0.1, -0.05) is 23.2 Å². The molecule has 1 N–H and O–H groups in total. The molecule has 0 unspecified atom stereocenters. The number of carbonyl (C=O) groups is 2. The van der Waals surface area contributed by atoms with E-state index in [-0.39, 0.29) is 18.2 Å². The van der Waals surface area contributed by atoms with Gasteiger partial charge in [-0.2, -0.15) is 0 Å². The van der Waals surface area contributed by atoms with Gasteiger partial charge in [-0.3, -0.25) is 14.6 Å². The van der Waals surface area contributed by atoms with E-state index in [1.807, 2.05) is 12.1 Å². The number of hydrogen-bond donors (Lipinski definition) is 1. The minimum absolute atomic E-state index is 0.0934. The number of pyridine rings is 1. The van der Waals surface area contributed by atoms with E-state index in [2.05, 4.69) is 10.3 Å². The molecule has 0 saturated carbocycles. The second kappa shape index (κ2) is 8.66. The molecular weight excluding hydrogens is 349 g/mol. The zero-order valence-electron chi connectivity index (χ0n) is 13.1. The van der Waals surface area contributed by atoms with Gasteiger partial charge in [-0.05, 0) is 35.9 Å². The number of hydrogen-bond acceptors (Lipinski definition) is 3. The lowest BCUT2D eigenvalue weighted by molar-refractivity contribution is -0.129. The molecule has 0 fully saturated rings. The first-order valence-electron chi connectivity index (χ1n) is 7.35. The number of amides is 2. The zero-order chi connectivity index (χ0) is 17.5. The van der Waals surface area contributed by atoms with Gasteiger partial charge >= 0.3 is 0 Å². The van der Waals surface area contributed by atoms with E-state index in [1.165, 1.54) is 6.92 Å². The Morgan fingerprint density at radius 1 is 1.17 bits per heavy atom. The fraction of sp³-hybridized carbons (Fsp3) is 0.235. The Bertz CT molecular complexity index is 723. The summed E-state index contributed by atoms with van der Waals surface area (Å²) in [4.78, 5) is 29.4. The van der Waals surface area contributed by atoms with Gasteiger partial charge in [-0.25, -0.2) is 0 Å². The number of aromatic nitrogens is 1. The van der Waals surface area contributed by atoms with Crippen LogP contribution >= 0.6 is 23.2 Å². The van der Waals surface area contributed by atoms with Crippen LogP contribution in [0.15, 0.2) is 42.7 Å². The molecule has 0 aliphatic heterocycles. The van der Waals surface area contributed by atoms with E-state index < -0.39 is 0 Å². The maximum absolute atomic E-state index is 12.1. The van der Waals surface area contributed by atoms with E-state index in [9.17, 15) is 9.59 Å². The standard InChI is InChI=1S/C17H17Cl2N3O2/c1-12(23)22(11-13-4-7-20-8-5-13)9-6-17(24)21-16-3-2-14(18)10-15(16)19/h2-5,7-8,10H,6,9,11H2,1H3,(H,21,24). The number of nitrogens with zero attached hydrogens (tertiary/aromatic N) is 2. The Morgan fingerprint density at radius 2 is 1.88 bits per heavy atom. The molecule has 7 heteroatoms. The molecule has 126 valence electrons. The molecule has 0 saturated heterocycles. The van der Waals surface area contributed by atoms with Crippen LogP contribution in [0.3, 0.4) is 0 Å². The van der Waals surface area contributed by atoms with Crippen molar-refractivity contribution in [2.24, 2.45) is 0 Å². The second-order valence-electron chi connectivity index (χ2n) is 5.22. The monoisotopic (exact) mass is 365 g/mol. The summed E-state index contributed by atoms with van der Waals surface area (Å²) in [6.07, 6.45) is 3.51. The first-order valence-corrected chi connectivity index (χ1v) is 8.10. The van der Waals surface area contributed by atoms with Crippen molar-refractivity contribution in [3.63, 3.8) is 0 Å². The van der Waals surface area contributed by atoms with E-state index in [0.29, 0.717) is 28.8 Å². The van der Waals surface area contributed by atoms with Gasteiger partial charge < -0.3 is 10.2 Å². The minimum atomic E-state index is -0.222. The minimum Gasteiger partial charge on any atom is -0.338 e. The first kappa shape index (κ1) is 18.2. The fourth-order valence-electron chi connectivity index (χ4n) is 2.10. The van der Waals surface area contributed by atoms with Crippen LogP contribution in [-0.4, -0.2) is 28.2 Å². The summed E-state index contributed by atoms with van der Waals surface area (Å²) >= 11 is 11.8. The Labute approximate surface area is 150 Å². The highest BCUT2D eigenvalue weighted by Crippen LogP contribution is 2.25. The van der Waals surface area contributed by atoms with E-state index in [0.717, 1.165) is 5.56 Å². The van der Waals surface area contributed by atoms with Crippen LogP contribution < -0.4 is 5.32 Å². The predicted octanol–water partition coefficient (Wildman–Crippen LogP) is 3.77. The quantitative estimate of drug-likeness (QED) is 0.847. The predicted molar refractivity (Wildman–Crippen MR) is 95.0 cm³/mol. The van der Waals surface area contributed by atoms with Crippen molar-refractivity contribution in [1.82, 2.24) is 9.88 Å². The third-order valence-electron chi connectivity index (χ3n) is 3.38. The van der Waals surface area contributed by atoms with E-state index >= 15 is 0 Å². The third-order valence-corrected chi connectivity index (χ3v) is 3.93. The number of carbonyl (C=O) groups excluding carboxylic acids is 2. The molecule has 0 aliphatic rings. The lowest BCUT2D eigenvalue weighted by Crippen LogP contribution is -2.31. The van der Waals surface area contributed by atoms with Crippen LogP contribution in [0.1, 0.15) is 18.9 Å². The molecule has 2 rings (SSSR count). The Hall–Kier alpha value is -2.11. The highest BCUT2D eigenvalue weighted by Gasteiger charge is 2.13. The van der Waals surface area contributed by atoms with Crippen molar-refractivity contribution in [1.29, 1.82) is 0 Å². The highest BCUT2D eigenvalue weighted by atomic mass is 35.5. The van der Waals surface area contributed by atoms with Crippen molar-refractivity contribution < 1.29 is 9.59 Å². The van der Waals surface area contributed by atoms with Gasteiger partial charge in [0.15, 0.2) is 0 Å². The maximum atomic E-state index is 12.1. The summed E-state index contributed by atoms with van der Waals surface area (Å²) in [5.74, 6) is -0.315. The summed E-state index contributed by atoms with van der Waals surface area (Å²) in [6.45, 7) is 2.23. The van der Waals surface area contributed by atoms with Crippen LogP contribution in [-0.2, 0) is 16.1 Å². The summed E-state index contributed by atoms with van der Waals surface area (Å²) in [5.41, 5.74) is 1.45. The number of benzene rings is 1. The Morgan fingerprint density at radius 3 is 2.50 bits per heavy atom. The molecule has 1 aromatic carbocycles. The van der Waals surface area contributed by atoms with Gasteiger partial charge in [0.2, 0.25) is 11.8 Å². The van der Waals surface area contributed by atoms with Gasteiger partial charge in [0.1, 0.15) is 0 Å². The third kappa shape index (κ3) is 5.51. The number of halogens is 2. The molecule has 5 nitrogen and oxygen atoms in total. The Balaban J connectivity index is 1.91. The van der Waals surface area contributed by atoms with Crippen LogP contribution in [0.4, 0.5) is 5.69 Å². The number of rotatable bonds is 6. The maximum Gasteiger partial charge on any atom is 0.226 e. The van der Waals surface area contributed by atoms with Gasteiger partial charge in [-0.15, -0.1) is 0 Å². The normalized spacial score (nSPS) is 10.3. The van der Waals surface area contributed by atoms with Crippen molar-refractivity contribution in [2.75, 3.05) is 11.9 Å².